The molecule has 0 bridgehead atoms. The van der Waals surface area contributed by atoms with Crippen LogP contribution < -0.4 is 10.3 Å². The van der Waals surface area contributed by atoms with Crippen molar-refractivity contribution in [2.45, 2.75) is 19.6 Å². The highest BCUT2D eigenvalue weighted by atomic mass is 19.4. The van der Waals surface area contributed by atoms with E-state index in [0.29, 0.717) is 16.9 Å². The highest BCUT2D eigenvalue weighted by Crippen LogP contribution is 2.37. The fourth-order valence-corrected chi connectivity index (χ4v) is 3.11. The van der Waals surface area contributed by atoms with E-state index in [1.165, 1.54) is 11.7 Å². The summed E-state index contributed by atoms with van der Waals surface area (Å²) in [6, 6.07) is 14.6. The van der Waals surface area contributed by atoms with Crippen LogP contribution in [0.4, 0.5) is 18.9 Å². The molecule has 0 spiro atoms. The molecule has 29 heavy (non-hydrogen) atoms. The number of pyridine rings is 1. The van der Waals surface area contributed by atoms with E-state index in [1.54, 1.807) is 42.5 Å². The van der Waals surface area contributed by atoms with Gasteiger partial charge in [-0.15, -0.1) is 0 Å². The van der Waals surface area contributed by atoms with Gasteiger partial charge in [-0.25, -0.2) is 4.85 Å². The lowest BCUT2D eigenvalue weighted by Crippen LogP contribution is -2.25. The van der Waals surface area contributed by atoms with Crippen LogP contribution in [0.1, 0.15) is 16.7 Å². The van der Waals surface area contributed by atoms with Crippen LogP contribution in [0.15, 0.2) is 59.4 Å². The van der Waals surface area contributed by atoms with Crippen molar-refractivity contribution in [1.82, 2.24) is 4.57 Å². The zero-order chi connectivity index (χ0) is 21.2. The van der Waals surface area contributed by atoms with Crippen LogP contribution in [0, 0.1) is 13.5 Å². The Labute approximate surface area is 165 Å². The van der Waals surface area contributed by atoms with E-state index in [9.17, 15) is 18.0 Å². The SMILES string of the molecule is [C-]#[N+]c1c(C(F)(F)F)cc(-c2cccc(C)c2)n(Cc2cccc(OC)c2)c1=O. The first-order valence-corrected chi connectivity index (χ1v) is 8.67. The highest BCUT2D eigenvalue weighted by Gasteiger charge is 2.36. The van der Waals surface area contributed by atoms with Crippen molar-refractivity contribution >= 4 is 5.69 Å². The lowest BCUT2D eigenvalue weighted by Gasteiger charge is -2.18. The first-order chi connectivity index (χ1) is 13.7. The molecule has 0 atom stereocenters. The van der Waals surface area contributed by atoms with Crippen LogP contribution in [-0.2, 0) is 12.7 Å². The molecule has 0 unspecified atom stereocenters. The molecule has 4 nitrogen and oxygen atoms in total. The maximum Gasteiger partial charge on any atom is 0.407 e. The number of benzene rings is 2. The van der Waals surface area contributed by atoms with Crippen molar-refractivity contribution < 1.29 is 17.9 Å². The number of hydrogen-bond acceptors (Lipinski definition) is 2. The summed E-state index contributed by atoms with van der Waals surface area (Å²) in [5, 5.41) is 0. The monoisotopic (exact) mass is 398 g/mol. The second-order valence-electron chi connectivity index (χ2n) is 6.51. The smallest absolute Gasteiger partial charge is 0.407 e. The minimum Gasteiger partial charge on any atom is -0.497 e. The predicted octanol–water partition coefficient (Wildman–Crippen LogP) is 5.45. The first-order valence-electron chi connectivity index (χ1n) is 8.67. The molecule has 0 N–H and O–H groups in total. The molecule has 1 aromatic heterocycles. The van der Waals surface area contributed by atoms with Gasteiger partial charge in [-0.2, -0.15) is 13.2 Å². The van der Waals surface area contributed by atoms with Crippen LogP contribution in [0.3, 0.4) is 0 Å². The molecule has 0 saturated carbocycles. The number of ether oxygens (including phenoxy) is 1. The molecule has 0 aliphatic rings. The third-order valence-corrected chi connectivity index (χ3v) is 4.48. The number of alkyl halides is 3. The van der Waals surface area contributed by atoms with Gasteiger partial charge in [-0.1, -0.05) is 35.9 Å². The normalized spacial score (nSPS) is 11.2. The summed E-state index contributed by atoms with van der Waals surface area (Å²) in [5.74, 6) is 0.560. The molecule has 7 heteroatoms. The molecular weight excluding hydrogens is 381 g/mol. The Kier molecular flexibility index (Phi) is 5.46. The van der Waals surface area contributed by atoms with E-state index in [-0.39, 0.29) is 12.2 Å². The summed E-state index contributed by atoms with van der Waals surface area (Å²) in [6.07, 6.45) is -4.81. The average molecular weight is 398 g/mol. The molecule has 1 heterocycles. The van der Waals surface area contributed by atoms with Gasteiger partial charge in [0.1, 0.15) is 5.75 Å². The molecule has 3 rings (SSSR count). The van der Waals surface area contributed by atoms with Gasteiger partial charge in [-0.3, -0.25) is 4.79 Å². The minimum atomic E-state index is -4.81. The maximum atomic E-state index is 13.5. The minimum absolute atomic E-state index is 0.0000340. The number of rotatable bonds is 4. The van der Waals surface area contributed by atoms with E-state index < -0.39 is 23.0 Å². The topological polar surface area (TPSA) is 35.6 Å². The molecule has 148 valence electrons. The standard InChI is InChI=1S/C22H17F3N2O2/c1-14-6-4-8-16(10-14)19-12-18(22(23,24)25)20(26-2)21(28)27(19)13-15-7-5-9-17(11-15)29-3/h4-12H,13H2,1,3H3. The molecular formula is C22H17F3N2O2. The van der Waals surface area contributed by atoms with Crippen molar-refractivity contribution in [2.75, 3.05) is 7.11 Å². The summed E-state index contributed by atoms with van der Waals surface area (Å²) in [5.41, 5.74) is -1.07. The van der Waals surface area contributed by atoms with Crippen LogP contribution in [0.5, 0.6) is 5.75 Å². The van der Waals surface area contributed by atoms with Gasteiger partial charge >= 0.3 is 6.18 Å². The maximum absolute atomic E-state index is 13.5. The predicted molar refractivity (Wildman–Crippen MR) is 104 cm³/mol. The van der Waals surface area contributed by atoms with Gasteiger partial charge in [0.15, 0.2) is 0 Å². The molecule has 2 aromatic carbocycles. The third kappa shape index (κ3) is 4.16. The molecule has 0 amide bonds. The van der Waals surface area contributed by atoms with Crippen LogP contribution in [0.25, 0.3) is 16.1 Å². The molecule has 0 saturated heterocycles. The zero-order valence-electron chi connectivity index (χ0n) is 15.7. The number of methoxy groups -OCH3 is 1. The third-order valence-electron chi connectivity index (χ3n) is 4.48. The number of nitrogens with zero attached hydrogens (tertiary/aromatic N) is 2. The second-order valence-corrected chi connectivity index (χ2v) is 6.51. The van der Waals surface area contributed by atoms with E-state index in [0.717, 1.165) is 11.6 Å². The largest absolute Gasteiger partial charge is 0.497 e. The Morgan fingerprint density at radius 2 is 1.83 bits per heavy atom. The molecule has 3 aromatic rings. The second kappa shape index (κ2) is 7.84. The molecule has 0 radical (unpaired) electrons. The Hall–Kier alpha value is -3.53. The van der Waals surface area contributed by atoms with Gasteiger partial charge in [0, 0.05) is 5.69 Å². The first kappa shape index (κ1) is 20.2. The Bertz CT molecular complexity index is 1160. The lowest BCUT2D eigenvalue weighted by molar-refractivity contribution is -0.136. The van der Waals surface area contributed by atoms with Gasteiger partial charge in [0.05, 0.1) is 25.8 Å². The number of aryl methyl sites for hydroxylation is 1. The summed E-state index contributed by atoms with van der Waals surface area (Å²) in [6.45, 7) is 8.96. The fraction of sp³-hybridized carbons (Fsp3) is 0.182. The Morgan fingerprint density at radius 1 is 1.10 bits per heavy atom. The van der Waals surface area contributed by atoms with Crippen LogP contribution in [0.2, 0.25) is 0 Å². The van der Waals surface area contributed by atoms with Crippen molar-refractivity contribution in [3.8, 4) is 17.0 Å². The number of hydrogen-bond donors (Lipinski definition) is 0. The Morgan fingerprint density at radius 3 is 2.45 bits per heavy atom. The average Bonchev–Trinajstić information content (AvgIpc) is 2.68. The summed E-state index contributed by atoms with van der Waals surface area (Å²) in [4.78, 5) is 15.8. The number of aromatic nitrogens is 1. The van der Waals surface area contributed by atoms with Crippen LogP contribution in [-0.4, -0.2) is 11.7 Å². The Balaban J connectivity index is 2.30. The van der Waals surface area contributed by atoms with Gasteiger partial charge < -0.3 is 9.30 Å². The summed E-state index contributed by atoms with van der Waals surface area (Å²) >= 11 is 0. The molecule has 0 fully saturated rings. The van der Waals surface area contributed by atoms with Gasteiger partial charge in [-0.05, 0) is 42.3 Å². The van der Waals surface area contributed by atoms with Crippen molar-refractivity contribution in [1.29, 1.82) is 0 Å². The van der Waals surface area contributed by atoms with E-state index in [2.05, 4.69) is 4.85 Å². The van der Waals surface area contributed by atoms with Gasteiger partial charge in [0.2, 0.25) is 0 Å². The lowest BCUT2D eigenvalue weighted by atomic mass is 10.0. The van der Waals surface area contributed by atoms with E-state index in [4.69, 9.17) is 11.3 Å². The molecule has 0 aliphatic heterocycles. The van der Waals surface area contributed by atoms with Gasteiger partial charge in [0.25, 0.3) is 11.2 Å². The number of halogens is 3. The quantitative estimate of drug-likeness (QED) is 0.548. The zero-order valence-corrected chi connectivity index (χ0v) is 15.7. The van der Waals surface area contributed by atoms with Crippen molar-refractivity contribution in [3.63, 3.8) is 0 Å². The van der Waals surface area contributed by atoms with E-state index in [1.807, 2.05) is 13.0 Å². The highest BCUT2D eigenvalue weighted by molar-refractivity contribution is 5.66. The van der Waals surface area contributed by atoms with Crippen molar-refractivity contribution in [3.05, 3.63) is 93.1 Å². The molecule has 0 aliphatic carbocycles. The van der Waals surface area contributed by atoms with Crippen molar-refractivity contribution in [2.24, 2.45) is 0 Å². The van der Waals surface area contributed by atoms with E-state index >= 15 is 0 Å². The van der Waals surface area contributed by atoms with Crippen LogP contribution >= 0.6 is 0 Å². The summed E-state index contributed by atoms with van der Waals surface area (Å²) < 4.78 is 47.0. The summed E-state index contributed by atoms with van der Waals surface area (Å²) in [7, 11) is 1.50. The fourth-order valence-electron chi connectivity index (χ4n) is 3.11.